The van der Waals surface area contributed by atoms with Gasteiger partial charge in [-0.1, -0.05) is 31.9 Å². The van der Waals surface area contributed by atoms with Crippen LogP contribution in [0.4, 0.5) is 4.79 Å². The molecule has 0 bridgehead atoms. The molecule has 0 aromatic rings. The predicted molar refractivity (Wildman–Crippen MR) is 69.6 cm³/mol. The van der Waals surface area contributed by atoms with Crippen LogP contribution in [0.25, 0.3) is 0 Å². The number of allylic oxidation sites excluding steroid dienone is 1. The molecule has 0 aromatic carbocycles. The number of carbonyl (C=O) groups is 1. The van der Waals surface area contributed by atoms with Gasteiger partial charge in [-0.15, -0.1) is 13.2 Å². The van der Waals surface area contributed by atoms with Crippen molar-refractivity contribution in [1.29, 1.82) is 0 Å². The fraction of sp³-hybridized carbons (Fsp3) is 0.615. The van der Waals surface area contributed by atoms with Crippen LogP contribution in [-0.2, 0) is 4.74 Å². The van der Waals surface area contributed by atoms with Crippen LogP contribution >= 0.6 is 0 Å². The summed E-state index contributed by atoms with van der Waals surface area (Å²) in [6.07, 6.45) is 9.16. The summed E-state index contributed by atoms with van der Waals surface area (Å²) in [4.78, 5) is 10.3. The lowest BCUT2D eigenvalue weighted by Gasteiger charge is -1.99. The molecule has 0 aliphatic rings. The Morgan fingerprint density at radius 2 is 1.88 bits per heavy atom. The number of carbonyl (C=O) groups excluding carboxylic acids is 1. The number of unbranched alkanes of at least 4 members (excludes halogenated alkanes) is 3. The van der Waals surface area contributed by atoms with E-state index in [1.165, 1.54) is 32.7 Å². The van der Waals surface area contributed by atoms with Gasteiger partial charge in [-0.2, -0.15) is 0 Å². The molecule has 94 valence electrons. The highest BCUT2D eigenvalue weighted by atomic mass is 16.5. The molecular formula is C13H25NO2. The normalized spacial score (nSPS) is 8.38. The zero-order chi connectivity index (χ0) is 12.6. The second-order valence-corrected chi connectivity index (χ2v) is 3.25. The first kappa shape index (κ1) is 17.2. The molecule has 0 spiro atoms. The summed E-state index contributed by atoms with van der Waals surface area (Å²) >= 11 is 0. The predicted octanol–water partition coefficient (Wildman–Crippen LogP) is 3.67. The van der Waals surface area contributed by atoms with Gasteiger partial charge >= 0.3 is 6.09 Å². The maximum Gasteiger partial charge on any atom is 0.406 e. The Balaban J connectivity index is 0. The Morgan fingerprint density at radius 1 is 1.25 bits per heavy atom. The van der Waals surface area contributed by atoms with Crippen molar-refractivity contribution >= 4 is 6.09 Å². The van der Waals surface area contributed by atoms with E-state index in [4.69, 9.17) is 0 Å². The lowest BCUT2D eigenvalue weighted by molar-refractivity contribution is 0.150. The third-order valence-corrected chi connectivity index (χ3v) is 1.77. The van der Waals surface area contributed by atoms with E-state index in [9.17, 15) is 4.79 Å². The van der Waals surface area contributed by atoms with E-state index in [1.807, 2.05) is 6.08 Å². The SMILES string of the molecule is C=CCCCCC.C=CCCOC(=O)NC. The maximum atomic E-state index is 10.3. The van der Waals surface area contributed by atoms with Gasteiger partial charge in [0.05, 0.1) is 6.61 Å². The fourth-order valence-corrected chi connectivity index (χ4v) is 0.846. The summed E-state index contributed by atoms with van der Waals surface area (Å²) < 4.78 is 4.61. The van der Waals surface area contributed by atoms with Crippen molar-refractivity contribution < 1.29 is 9.53 Å². The van der Waals surface area contributed by atoms with Crippen LogP contribution in [0, 0.1) is 0 Å². The largest absolute Gasteiger partial charge is 0.449 e. The number of ether oxygens (including phenoxy) is 1. The highest BCUT2D eigenvalue weighted by Gasteiger charge is 1.92. The Bertz CT molecular complexity index is 179. The number of rotatable bonds is 7. The quantitative estimate of drug-likeness (QED) is 0.532. The lowest BCUT2D eigenvalue weighted by atomic mass is 10.2. The summed E-state index contributed by atoms with van der Waals surface area (Å²) in [5, 5.41) is 2.33. The summed E-state index contributed by atoms with van der Waals surface area (Å²) in [5.74, 6) is 0. The third-order valence-electron chi connectivity index (χ3n) is 1.77. The van der Waals surface area contributed by atoms with Crippen LogP contribution < -0.4 is 5.32 Å². The number of hydrogen-bond donors (Lipinski definition) is 1. The van der Waals surface area contributed by atoms with Gasteiger partial charge in [-0.25, -0.2) is 4.79 Å². The molecule has 0 saturated heterocycles. The Kier molecular flexibility index (Phi) is 17.4. The van der Waals surface area contributed by atoms with E-state index in [1.54, 1.807) is 6.08 Å². The topological polar surface area (TPSA) is 38.3 Å². The summed E-state index contributed by atoms with van der Waals surface area (Å²) in [5.41, 5.74) is 0. The molecule has 0 radical (unpaired) electrons. The Morgan fingerprint density at radius 3 is 2.31 bits per heavy atom. The average molecular weight is 227 g/mol. The molecule has 0 aromatic heterocycles. The third kappa shape index (κ3) is 18.5. The highest BCUT2D eigenvalue weighted by molar-refractivity contribution is 5.66. The zero-order valence-electron chi connectivity index (χ0n) is 10.6. The van der Waals surface area contributed by atoms with Gasteiger partial charge in [0.2, 0.25) is 0 Å². The first-order valence-electron chi connectivity index (χ1n) is 5.79. The Labute approximate surface area is 99.6 Å². The number of alkyl carbamates (subject to hydrolysis) is 1. The second-order valence-electron chi connectivity index (χ2n) is 3.25. The zero-order valence-corrected chi connectivity index (χ0v) is 10.6. The van der Waals surface area contributed by atoms with Gasteiger partial charge in [0, 0.05) is 7.05 Å². The highest BCUT2D eigenvalue weighted by Crippen LogP contribution is 1.97. The summed E-state index contributed by atoms with van der Waals surface area (Å²) in [7, 11) is 1.52. The van der Waals surface area contributed by atoms with Crippen molar-refractivity contribution in [2.24, 2.45) is 0 Å². The fourth-order valence-electron chi connectivity index (χ4n) is 0.846. The van der Waals surface area contributed by atoms with Crippen molar-refractivity contribution in [3.63, 3.8) is 0 Å². The van der Waals surface area contributed by atoms with Gasteiger partial charge in [0.15, 0.2) is 0 Å². The molecule has 0 aliphatic carbocycles. The molecule has 0 heterocycles. The molecule has 0 rings (SSSR count). The maximum absolute atomic E-state index is 10.3. The van der Waals surface area contributed by atoms with E-state index in [-0.39, 0.29) is 0 Å². The molecule has 3 nitrogen and oxygen atoms in total. The first-order chi connectivity index (χ1) is 7.72. The van der Waals surface area contributed by atoms with Gasteiger partial charge in [-0.3, -0.25) is 0 Å². The molecular weight excluding hydrogens is 202 g/mol. The molecule has 0 fully saturated rings. The van der Waals surface area contributed by atoms with Crippen molar-refractivity contribution in [3.05, 3.63) is 25.3 Å². The van der Waals surface area contributed by atoms with Gasteiger partial charge in [0.25, 0.3) is 0 Å². The monoisotopic (exact) mass is 227 g/mol. The van der Waals surface area contributed by atoms with Gasteiger partial charge in [-0.05, 0) is 19.3 Å². The molecule has 1 N–H and O–H groups in total. The minimum atomic E-state index is -0.392. The summed E-state index contributed by atoms with van der Waals surface area (Å²) in [6.45, 7) is 9.72. The van der Waals surface area contributed by atoms with Crippen LogP contribution in [0.2, 0.25) is 0 Å². The van der Waals surface area contributed by atoms with Crippen LogP contribution in [-0.4, -0.2) is 19.7 Å². The minimum Gasteiger partial charge on any atom is -0.449 e. The van der Waals surface area contributed by atoms with Crippen molar-refractivity contribution in [3.8, 4) is 0 Å². The van der Waals surface area contributed by atoms with Crippen molar-refractivity contribution in [2.45, 2.75) is 39.0 Å². The number of hydrogen-bond acceptors (Lipinski definition) is 2. The number of nitrogens with one attached hydrogen (secondary N) is 1. The van der Waals surface area contributed by atoms with E-state index in [2.05, 4.69) is 30.1 Å². The Hall–Kier alpha value is -1.25. The molecule has 0 atom stereocenters. The van der Waals surface area contributed by atoms with Crippen molar-refractivity contribution in [2.75, 3.05) is 13.7 Å². The molecule has 0 unspecified atom stereocenters. The molecule has 0 saturated carbocycles. The van der Waals surface area contributed by atoms with Crippen LogP contribution in [0.3, 0.4) is 0 Å². The van der Waals surface area contributed by atoms with Gasteiger partial charge in [0.1, 0.15) is 0 Å². The molecule has 3 heteroatoms. The van der Waals surface area contributed by atoms with Crippen LogP contribution in [0.5, 0.6) is 0 Å². The molecule has 1 amide bonds. The average Bonchev–Trinajstić information content (AvgIpc) is 2.31. The van der Waals surface area contributed by atoms with E-state index >= 15 is 0 Å². The molecule has 16 heavy (non-hydrogen) atoms. The minimum absolute atomic E-state index is 0.392. The second kappa shape index (κ2) is 16.2. The summed E-state index contributed by atoms with van der Waals surface area (Å²) in [6, 6.07) is 0. The van der Waals surface area contributed by atoms with E-state index in [0.717, 1.165) is 0 Å². The van der Waals surface area contributed by atoms with Gasteiger partial charge < -0.3 is 10.1 Å². The van der Waals surface area contributed by atoms with E-state index in [0.29, 0.717) is 13.0 Å². The molecule has 0 aliphatic heterocycles. The smallest absolute Gasteiger partial charge is 0.406 e. The van der Waals surface area contributed by atoms with Crippen LogP contribution in [0.1, 0.15) is 39.0 Å². The number of amides is 1. The van der Waals surface area contributed by atoms with E-state index < -0.39 is 6.09 Å². The lowest BCUT2D eigenvalue weighted by Crippen LogP contribution is -2.19. The first-order valence-corrected chi connectivity index (χ1v) is 5.79. The van der Waals surface area contributed by atoms with Crippen LogP contribution in [0.15, 0.2) is 25.3 Å². The standard InChI is InChI=1S/C7H14.C6H11NO2/c1-3-5-7-6-4-2;1-3-4-5-9-6(8)7-2/h3H,1,4-7H2,2H3;3H,1,4-5H2,2H3,(H,7,8). The van der Waals surface area contributed by atoms with Crippen molar-refractivity contribution in [1.82, 2.24) is 5.32 Å².